The van der Waals surface area contributed by atoms with Crippen LogP contribution in [0.1, 0.15) is 5.56 Å². The fourth-order valence-electron chi connectivity index (χ4n) is 0.950. The van der Waals surface area contributed by atoms with E-state index in [9.17, 15) is 14.5 Å². The van der Waals surface area contributed by atoms with Crippen molar-refractivity contribution in [2.75, 3.05) is 13.6 Å². The van der Waals surface area contributed by atoms with Crippen molar-refractivity contribution in [3.63, 3.8) is 0 Å². The van der Waals surface area contributed by atoms with Gasteiger partial charge in [-0.15, -0.1) is 0 Å². The van der Waals surface area contributed by atoms with Crippen LogP contribution in [0.15, 0.2) is 18.2 Å². The number of rotatable bonds is 2. The predicted molar refractivity (Wildman–Crippen MR) is 53.9 cm³/mol. The predicted octanol–water partition coefficient (Wildman–Crippen LogP) is 1.30. The molecule has 0 fully saturated rings. The minimum Gasteiger partial charge on any atom is -0.309 e. The van der Waals surface area contributed by atoms with Gasteiger partial charge in [0.15, 0.2) is 0 Å². The molecule has 78 valence electrons. The van der Waals surface area contributed by atoms with Crippen LogP contribution in [-0.2, 0) is 0 Å². The minimum absolute atomic E-state index is 0.0412. The van der Waals surface area contributed by atoms with E-state index in [0.29, 0.717) is 6.54 Å². The van der Waals surface area contributed by atoms with Crippen LogP contribution < -0.4 is 5.32 Å². The van der Waals surface area contributed by atoms with E-state index in [1.54, 1.807) is 7.05 Å². The molecule has 5 heteroatoms. The normalized spacial score (nSPS) is 9.20. The molecule has 1 rings (SSSR count). The van der Waals surface area contributed by atoms with Gasteiger partial charge in [-0.3, -0.25) is 10.1 Å². The molecular formula is C10H9FN2O2. The first-order valence-electron chi connectivity index (χ1n) is 4.22. The molecule has 0 aliphatic heterocycles. The Morgan fingerprint density at radius 3 is 2.93 bits per heavy atom. The number of nitrogens with zero attached hydrogens (tertiary/aromatic N) is 1. The first kappa shape index (κ1) is 11.1. The summed E-state index contributed by atoms with van der Waals surface area (Å²) in [7, 11) is 1.71. The van der Waals surface area contributed by atoms with E-state index in [-0.39, 0.29) is 11.3 Å². The summed E-state index contributed by atoms with van der Waals surface area (Å²) < 4.78 is 13.1. The summed E-state index contributed by atoms with van der Waals surface area (Å²) in [4.78, 5) is 9.84. The van der Waals surface area contributed by atoms with Crippen LogP contribution in [0, 0.1) is 27.8 Å². The second kappa shape index (κ2) is 5.08. The van der Waals surface area contributed by atoms with Crippen molar-refractivity contribution < 1.29 is 9.31 Å². The van der Waals surface area contributed by atoms with Crippen LogP contribution in [0.3, 0.4) is 0 Å². The van der Waals surface area contributed by atoms with Crippen molar-refractivity contribution in [3.8, 4) is 11.8 Å². The standard InChI is InChI=1S/C10H9FN2O2/c1-12-6-2-3-8-7-9(13(14)15)4-5-10(8)11/h4-5,7,12H,6H2,1H3. The van der Waals surface area contributed by atoms with Crippen molar-refractivity contribution in [1.82, 2.24) is 5.32 Å². The van der Waals surface area contributed by atoms with Gasteiger partial charge in [-0.25, -0.2) is 4.39 Å². The molecule has 0 amide bonds. The molecule has 15 heavy (non-hydrogen) atoms. The Bertz CT molecular complexity index is 435. The molecule has 1 aromatic rings. The van der Waals surface area contributed by atoms with Gasteiger partial charge < -0.3 is 5.32 Å². The van der Waals surface area contributed by atoms with Gasteiger partial charge in [0.1, 0.15) is 5.82 Å². The van der Waals surface area contributed by atoms with Crippen molar-refractivity contribution in [3.05, 3.63) is 39.7 Å². The Morgan fingerprint density at radius 2 is 2.33 bits per heavy atom. The van der Waals surface area contributed by atoms with Gasteiger partial charge in [0.2, 0.25) is 0 Å². The summed E-state index contributed by atoms with van der Waals surface area (Å²) in [5.74, 6) is 4.60. The number of halogens is 1. The lowest BCUT2D eigenvalue weighted by Crippen LogP contribution is -2.04. The lowest BCUT2D eigenvalue weighted by molar-refractivity contribution is -0.384. The Balaban J connectivity index is 3.02. The summed E-state index contributed by atoms with van der Waals surface area (Å²) in [5, 5.41) is 13.2. The molecule has 0 aliphatic rings. The molecule has 0 bridgehead atoms. The second-order valence-corrected chi connectivity index (χ2v) is 2.75. The summed E-state index contributed by atoms with van der Waals surface area (Å²) in [6, 6.07) is 3.28. The lowest BCUT2D eigenvalue weighted by Gasteiger charge is -1.94. The Morgan fingerprint density at radius 1 is 1.60 bits per heavy atom. The highest BCUT2D eigenvalue weighted by Crippen LogP contribution is 2.15. The quantitative estimate of drug-likeness (QED) is 0.453. The summed E-state index contributed by atoms with van der Waals surface area (Å²) in [5.41, 5.74) is -0.121. The SMILES string of the molecule is CNCC#Cc1cc([N+](=O)[O-])ccc1F. The lowest BCUT2D eigenvalue weighted by atomic mass is 10.2. The van der Waals surface area contributed by atoms with Gasteiger partial charge in [0.25, 0.3) is 5.69 Å². The highest BCUT2D eigenvalue weighted by molar-refractivity contribution is 5.44. The first-order chi connectivity index (χ1) is 7.15. The van der Waals surface area contributed by atoms with E-state index in [1.807, 2.05) is 0 Å². The van der Waals surface area contributed by atoms with Gasteiger partial charge in [-0.05, 0) is 13.1 Å². The third-order valence-electron chi connectivity index (χ3n) is 1.65. The van der Waals surface area contributed by atoms with E-state index in [2.05, 4.69) is 17.2 Å². The van der Waals surface area contributed by atoms with E-state index in [4.69, 9.17) is 0 Å². The maximum Gasteiger partial charge on any atom is 0.270 e. The average Bonchev–Trinajstić information content (AvgIpc) is 2.20. The molecule has 1 N–H and O–H groups in total. The molecule has 4 nitrogen and oxygen atoms in total. The molecule has 0 saturated heterocycles. The molecule has 0 unspecified atom stereocenters. The van der Waals surface area contributed by atoms with E-state index in [0.717, 1.165) is 18.2 Å². The number of nitro groups is 1. The Labute approximate surface area is 86.3 Å². The zero-order valence-corrected chi connectivity index (χ0v) is 8.08. The second-order valence-electron chi connectivity index (χ2n) is 2.75. The molecule has 0 saturated carbocycles. The summed E-state index contributed by atoms with van der Waals surface area (Å²) >= 11 is 0. The fraction of sp³-hybridized carbons (Fsp3) is 0.200. The van der Waals surface area contributed by atoms with Gasteiger partial charge >= 0.3 is 0 Å². The van der Waals surface area contributed by atoms with Crippen LogP contribution in [-0.4, -0.2) is 18.5 Å². The van der Waals surface area contributed by atoms with Crippen molar-refractivity contribution >= 4 is 5.69 Å². The third kappa shape index (κ3) is 3.04. The molecule has 0 atom stereocenters. The number of nitro benzene ring substituents is 1. The summed E-state index contributed by atoms with van der Waals surface area (Å²) in [6.45, 7) is 0.405. The van der Waals surface area contributed by atoms with Gasteiger partial charge in [-0.2, -0.15) is 0 Å². The molecule has 0 heterocycles. The largest absolute Gasteiger partial charge is 0.309 e. The zero-order chi connectivity index (χ0) is 11.3. The molecular weight excluding hydrogens is 199 g/mol. The van der Waals surface area contributed by atoms with Gasteiger partial charge in [-0.1, -0.05) is 11.8 Å². The number of hydrogen-bond acceptors (Lipinski definition) is 3. The maximum atomic E-state index is 13.1. The van der Waals surface area contributed by atoms with Crippen LogP contribution >= 0.6 is 0 Å². The number of nitrogens with one attached hydrogen (secondary N) is 1. The van der Waals surface area contributed by atoms with Crippen LogP contribution in [0.2, 0.25) is 0 Å². The van der Waals surface area contributed by atoms with E-state index < -0.39 is 10.7 Å². The Hall–Kier alpha value is -1.93. The van der Waals surface area contributed by atoms with E-state index in [1.165, 1.54) is 0 Å². The highest BCUT2D eigenvalue weighted by atomic mass is 19.1. The topological polar surface area (TPSA) is 55.2 Å². The first-order valence-corrected chi connectivity index (χ1v) is 4.22. The van der Waals surface area contributed by atoms with Gasteiger partial charge in [0.05, 0.1) is 17.0 Å². The molecule has 0 radical (unpaired) electrons. The Kier molecular flexibility index (Phi) is 3.77. The van der Waals surface area contributed by atoms with Crippen molar-refractivity contribution in [2.24, 2.45) is 0 Å². The molecule has 1 aromatic carbocycles. The zero-order valence-electron chi connectivity index (χ0n) is 8.08. The number of benzene rings is 1. The molecule has 0 aliphatic carbocycles. The maximum absolute atomic E-state index is 13.1. The number of hydrogen-bond donors (Lipinski definition) is 1. The fourth-order valence-corrected chi connectivity index (χ4v) is 0.950. The van der Waals surface area contributed by atoms with Crippen LogP contribution in [0.5, 0.6) is 0 Å². The van der Waals surface area contributed by atoms with Crippen molar-refractivity contribution in [2.45, 2.75) is 0 Å². The third-order valence-corrected chi connectivity index (χ3v) is 1.65. The van der Waals surface area contributed by atoms with Crippen molar-refractivity contribution in [1.29, 1.82) is 0 Å². The van der Waals surface area contributed by atoms with E-state index >= 15 is 0 Å². The number of non-ortho nitro benzene ring substituents is 1. The summed E-state index contributed by atoms with van der Waals surface area (Å²) in [6.07, 6.45) is 0. The monoisotopic (exact) mass is 208 g/mol. The molecule has 0 spiro atoms. The average molecular weight is 208 g/mol. The van der Waals surface area contributed by atoms with Crippen LogP contribution in [0.25, 0.3) is 0 Å². The minimum atomic E-state index is -0.581. The molecule has 0 aromatic heterocycles. The van der Waals surface area contributed by atoms with Gasteiger partial charge in [0, 0.05) is 12.1 Å². The van der Waals surface area contributed by atoms with Crippen LogP contribution in [0.4, 0.5) is 10.1 Å². The smallest absolute Gasteiger partial charge is 0.270 e. The highest BCUT2D eigenvalue weighted by Gasteiger charge is 2.08.